The quantitative estimate of drug-likeness (QED) is 0.811. The van der Waals surface area contributed by atoms with E-state index in [0.717, 1.165) is 48.6 Å². The molecule has 0 spiro atoms. The fraction of sp³-hybridized carbons (Fsp3) is 0.500. The van der Waals surface area contributed by atoms with E-state index in [2.05, 4.69) is 25.4 Å². The van der Waals surface area contributed by atoms with Crippen LogP contribution in [0.5, 0.6) is 0 Å². The van der Waals surface area contributed by atoms with Crippen LogP contribution in [-0.2, 0) is 24.2 Å². The third kappa shape index (κ3) is 4.93. The summed E-state index contributed by atoms with van der Waals surface area (Å²) >= 11 is 0. The standard InChI is InChI=1S/C20H27N5O2/c1-14-7-8-16(12-15(14)2)20(27)22-13-19(26)21-10-9-18-24-23-17-6-4-3-5-11-25(17)18/h7-8,12H,3-6,9-11,13H2,1-2H3,(H,21,26)(H,22,27). The number of amides is 2. The summed E-state index contributed by atoms with van der Waals surface area (Å²) in [5.74, 6) is 1.53. The highest BCUT2D eigenvalue weighted by Crippen LogP contribution is 2.14. The highest BCUT2D eigenvalue weighted by Gasteiger charge is 2.14. The molecule has 0 atom stereocenters. The summed E-state index contributed by atoms with van der Waals surface area (Å²) in [6, 6.07) is 5.51. The zero-order chi connectivity index (χ0) is 19.2. The van der Waals surface area contributed by atoms with Gasteiger partial charge in [0.1, 0.15) is 11.6 Å². The predicted octanol–water partition coefficient (Wildman–Crippen LogP) is 1.71. The van der Waals surface area contributed by atoms with Gasteiger partial charge >= 0.3 is 0 Å². The van der Waals surface area contributed by atoms with Crippen LogP contribution in [0, 0.1) is 13.8 Å². The lowest BCUT2D eigenvalue weighted by molar-refractivity contribution is -0.120. The van der Waals surface area contributed by atoms with Gasteiger partial charge in [0.05, 0.1) is 6.54 Å². The molecule has 1 aromatic carbocycles. The molecule has 2 aromatic rings. The van der Waals surface area contributed by atoms with Crippen LogP contribution >= 0.6 is 0 Å². The van der Waals surface area contributed by atoms with Gasteiger partial charge in [-0.1, -0.05) is 12.5 Å². The summed E-state index contributed by atoms with van der Waals surface area (Å²) in [5, 5.41) is 14.0. The SMILES string of the molecule is Cc1ccc(C(=O)NCC(=O)NCCc2nnc3n2CCCCC3)cc1C. The molecule has 1 aliphatic heterocycles. The highest BCUT2D eigenvalue weighted by atomic mass is 16.2. The molecule has 0 aliphatic carbocycles. The van der Waals surface area contributed by atoms with Crippen molar-refractivity contribution >= 4 is 11.8 Å². The average molecular weight is 369 g/mol. The summed E-state index contributed by atoms with van der Waals surface area (Å²) in [5.41, 5.74) is 2.76. The number of nitrogens with one attached hydrogen (secondary N) is 2. The average Bonchev–Trinajstić information content (AvgIpc) is 2.88. The molecule has 0 fully saturated rings. The molecule has 7 heteroatoms. The number of fused-ring (bicyclic) bond motifs is 1. The molecule has 3 rings (SSSR count). The van der Waals surface area contributed by atoms with Gasteiger partial charge in [0.25, 0.3) is 5.91 Å². The van der Waals surface area contributed by atoms with Gasteiger partial charge in [0, 0.05) is 31.5 Å². The van der Waals surface area contributed by atoms with E-state index in [0.29, 0.717) is 18.5 Å². The Morgan fingerprint density at radius 1 is 1.07 bits per heavy atom. The summed E-state index contributed by atoms with van der Waals surface area (Å²) in [6.45, 7) is 5.36. The fourth-order valence-corrected chi connectivity index (χ4v) is 3.25. The van der Waals surface area contributed by atoms with Gasteiger partial charge in [-0.05, 0) is 49.9 Å². The molecule has 2 heterocycles. The van der Waals surface area contributed by atoms with Gasteiger partial charge in [-0.15, -0.1) is 10.2 Å². The molecule has 0 saturated heterocycles. The van der Waals surface area contributed by atoms with Crippen molar-refractivity contribution in [3.63, 3.8) is 0 Å². The topological polar surface area (TPSA) is 88.9 Å². The molecular formula is C20H27N5O2. The van der Waals surface area contributed by atoms with E-state index < -0.39 is 0 Å². The molecule has 1 aromatic heterocycles. The number of carbonyl (C=O) groups is 2. The van der Waals surface area contributed by atoms with Crippen molar-refractivity contribution in [3.05, 3.63) is 46.5 Å². The Morgan fingerprint density at radius 3 is 2.74 bits per heavy atom. The fourth-order valence-electron chi connectivity index (χ4n) is 3.25. The van der Waals surface area contributed by atoms with Crippen molar-refractivity contribution in [1.29, 1.82) is 0 Å². The van der Waals surface area contributed by atoms with Crippen LogP contribution in [0.1, 0.15) is 52.4 Å². The zero-order valence-electron chi connectivity index (χ0n) is 16.0. The number of hydrogen-bond donors (Lipinski definition) is 2. The summed E-state index contributed by atoms with van der Waals surface area (Å²) in [4.78, 5) is 24.2. The Bertz CT molecular complexity index is 828. The van der Waals surface area contributed by atoms with E-state index in [4.69, 9.17) is 0 Å². The smallest absolute Gasteiger partial charge is 0.251 e. The van der Waals surface area contributed by atoms with Crippen LogP contribution in [0.25, 0.3) is 0 Å². The minimum atomic E-state index is -0.240. The Morgan fingerprint density at radius 2 is 1.93 bits per heavy atom. The van der Waals surface area contributed by atoms with Gasteiger partial charge in [0.15, 0.2) is 0 Å². The first kappa shape index (κ1) is 19.1. The third-order valence-corrected chi connectivity index (χ3v) is 5.04. The Kier molecular flexibility index (Phi) is 6.21. The second-order valence-electron chi connectivity index (χ2n) is 7.08. The molecule has 0 radical (unpaired) electrons. The van der Waals surface area contributed by atoms with Crippen molar-refractivity contribution in [1.82, 2.24) is 25.4 Å². The first-order valence-electron chi connectivity index (χ1n) is 9.57. The molecule has 2 amide bonds. The monoisotopic (exact) mass is 369 g/mol. The van der Waals surface area contributed by atoms with E-state index in [1.165, 1.54) is 6.42 Å². The predicted molar refractivity (Wildman–Crippen MR) is 103 cm³/mol. The van der Waals surface area contributed by atoms with Gasteiger partial charge < -0.3 is 15.2 Å². The molecule has 7 nitrogen and oxygen atoms in total. The lowest BCUT2D eigenvalue weighted by atomic mass is 10.1. The van der Waals surface area contributed by atoms with E-state index in [1.54, 1.807) is 6.07 Å². The van der Waals surface area contributed by atoms with E-state index in [9.17, 15) is 9.59 Å². The van der Waals surface area contributed by atoms with Gasteiger partial charge in [-0.3, -0.25) is 9.59 Å². The molecule has 1 aliphatic rings. The molecule has 0 unspecified atom stereocenters. The summed E-state index contributed by atoms with van der Waals surface area (Å²) in [7, 11) is 0. The number of nitrogens with zero attached hydrogens (tertiary/aromatic N) is 3. The molecular weight excluding hydrogens is 342 g/mol. The lowest BCUT2D eigenvalue weighted by Crippen LogP contribution is -2.37. The van der Waals surface area contributed by atoms with E-state index >= 15 is 0 Å². The van der Waals surface area contributed by atoms with Crippen molar-refractivity contribution in [2.45, 2.75) is 52.5 Å². The van der Waals surface area contributed by atoms with Crippen molar-refractivity contribution < 1.29 is 9.59 Å². The first-order chi connectivity index (χ1) is 13.0. The van der Waals surface area contributed by atoms with Crippen LogP contribution in [0.4, 0.5) is 0 Å². The lowest BCUT2D eigenvalue weighted by Gasteiger charge is -2.09. The zero-order valence-corrected chi connectivity index (χ0v) is 16.0. The number of rotatable bonds is 6. The largest absolute Gasteiger partial charge is 0.354 e. The summed E-state index contributed by atoms with van der Waals surface area (Å²) < 4.78 is 2.18. The number of aryl methyl sites for hydroxylation is 3. The van der Waals surface area contributed by atoms with Crippen molar-refractivity contribution in [2.75, 3.05) is 13.1 Å². The second kappa shape index (κ2) is 8.79. The van der Waals surface area contributed by atoms with Crippen LogP contribution < -0.4 is 10.6 Å². The van der Waals surface area contributed by atoms with Crippen LogP contribution in [0.15, 0.2) is 18.2 Å². The minimum absolute atomic E-state index is 0.0380. The molecule has 144 valence electrons. The Labute approximate surface area is 159 Å². The maximum Gasteiger partial charge on any atom is 0.251 e. The van der Waals surface area contributed by atoms with Crippen LogP contribution in [0.3, 0.4) is 0 Å². The normalized spacial score (nSPS) is 13.6. The molecule has 0 saturated carbocycles. The molecule has 0 bridgehead atoms. The Balaban J connectivity index is 1.43. The summed E-state index contributed by atoms with van der Waals surface area (Å²) in [6.07, 6.45) is 5.15. The third-order valence-electron chi connectivity index (χ3n) is 5.04. The van der Waals surface area contributed by atoms with Gasteiger partial charge in [-0.2, -0.15) is 0 Å². The number of carbonyl (C=O) groups excluding carboxylic acids is 2. The molecule has 2 N–H and O–H groups in total. The number of aromatic nitrogens is 3. The maximum absolute atomic E-state index is 12.2. The first-order valence-corrected chi connectivity index (χ1v) is 9.57. The van der Waals surface area contributed by atoms with Gasteiger partial charge in [-0.25, -0.2) is 0 Å². The van der Waals surface area contributed by atoms with Crippen LogP contribution in [-0.4, -0.2) is 39.7 Å². The van der Waals surface area contributed by atoms with Crippen molar-refractivity contribution in [2.24, 2.45) is 0 Å². The maximum atomic E-state index is 12.2. The van der Waals surface area contributed by atoms with E-state index in [1.807, 2.05) is 26.0 Å². The van der Waals surface area contributed by atoms with E-state index in [-0.39, 0.29) is 18.4 Å². The number of hydrogen-bond acceptors (Lipinski definition) is 4. The van der Waals surface area contributed by atoms with Gasteiger partial charge in [0.2, 0.25) is 5.91 Å². The highest BCUT2D eigenvalue weighted by molar-refractivity contribution is 5.96. The minimum Gasteiger partial charge on any atom is -0.354 e. The Hall–Kier alpha value is -2.70. The molecule has 27 heavy (non-hydrogen) atoms. The van der Waals surface area contributed by atoms with Crippen LogP contribution in [0.2, 0.25) is 0 Å². The number of benzene rings is 1. The van der Waals surface area contributed by atoms with Crippen molar-refractivity contribution in [3.8, 4) is 0 Å². The second-order valence-corrected chi connectivity index (χ2v) is 7.08.